The van der Waals surface area contributed by atoms with Crippen LogP contribution in [0.15, 0.2) is 24.3 Å². The Morgan fingerprint density at radius 2 is 0.905 bits per heavy atom. The van der Waals surface area contributed by atoms with E-state index in [-0.39, 0.29) is 37.8 Å². The van der Waals surface area contributed by atoms with Crippen LogP contribution in [-0.4, -0.2) is 39.7 Å². The van der Waals surface area contributed by atoms with Crippen LogP contribution in [0.1, 0.15) is 168 Å². The number of rotatable bonds is 30. The number of phosphoric ester groups is 1. The lowest BCUT2D eigenvalue weighted by Crippen LogP contribution is -2.39. The molecule has 0 aromatic heterocycles. The summed E-state index contributed by atoms with van der Waals surface area (Å²) in [7, 11) is -4.64. The van der Waals surface area contributed by atoms with Crippen LogP contribution >= 0.6 is 7.82 Å². The van der Waals surface area contributed by atoms with Gasteiger partial charge >= 0.3 is 7.82 Å². The summed E-state index contributed by atoms with van der Waals surface area (Å²) in [6.07, 6.45) is 34.6. The minimum Gasteiger partial charge on any atom is -0.303 e. The van der Waals surface area contributed by atoms with Gasteiger partial charge in [0.25, 0.3) is 0 Å². The van der Waals surface area contributed by atoms with Crippen molar-refractivity contribution in [2.24, 2.45) is 0 Å². The van der Waals surface area contributed by atoms with Crippen molar-refractivity contribution in [3.05, 3.63) is 24.3 Å². The Morgan fingerprint density at radius 1 is 0.571 bits per heavy atom. The average molecular weight is 614 g/mol. The molecule has 0 heterocycles. The fourth-order valence-corrected chi connectivity index (χ4v) is 5.22. The van der Waals surface area contributed by atoms with Crippen LogP contribution < -0.4 is 0 Å². The van der Waals surface area contributed by atoms with E-state index in [1.54, 1.807) is 0 Å². The monoisotopic (exact) mass is 613 g/mol. The second kappa shape index (κ2) is 29.8. The van der Waals surface area contributed by atoms with Crippen molar-refractivity contribution in [2.45, 2.75) is 168 Å². The molecule has 7 nitrogen and oxygen atoms in total. The summed E-state index contributed by atoms with van der Waals surface area (Å²) < 4.78 is 15.6. The molecule has 0 atom stereocenters. The van der Waals surface area contributed by atoms with Gasteiger partial charge in [0.1, 0.15) is 0 Å². The van der Waals surface area contributed by atoms with Crippen molar-refractivity contribution >= 4 is 19.6 Å². The number of phosphoric acid groups is 1. The van der Waals surface area contributed by atoms with Crippen LogP contribution in [0.25, 0.3) is 0 Å². The van der Waals surface area contributed by atoms with E-state index in [2.05, 4.69) is 42.7 Å². The van der Waals surface area contributed by atoms with E-state index in [0.29, 0.717) is 12.8 Å². The van der Waals surface area contributed by atoms with Gasteiger partial charge in [0, 0.05) is 12.8 Å². The average Bonchev–Trinajstić information content (AvgIpc) is 2.95. The van der Waals surface area contributed by atoms with Crippen molar-refractivity contribution < 1.29 is 28.5 Å². The van der Waals surface area contributed by atoms with Crippen molar-refractivity contribution in [3.63, 3.8) is 0 Å². The van der Waals surface area contributed by atoms with Gasteiger partial charge in [-0.2, -0.15) is 0 Å². The highest BCUT2D eigenvalue weighted by Gasteiger charge is 2.22. The van der Waals surface area contributed by atoms with Gasteiger partial charge in [0.2, 0.25) is 11.8 Å². The summed E-state index contributed by atoms with van der Waals surface area (Å²) in [5, 5.41) is 0. The predicted molar refractivity (Wildman–Crippen MR) is 175 cm³/mol. The van der Waals surface area contributed by atoms with Gasteiger partial charge in [-0.15, -0.1) is 0 Å². The highest BCUT2D eigenvalue weighted by Crippen LogP contribution is 2.35. The van der Waals surface area contributed by atoms with Gasteiger partial charge in [-0.25, -0.2) is 4.57 Å². The highest BCUT2D eigenvalue weighted by atomic mass is 31.2. The number of amides is 2. The summed E-state index contributed by atoms with van der Waals surface area (Å²) in [5.41, 5.74) is 0. The molecule has 0 aliphatic rings. The van der Waals surface area contributed by atoms with Crippen molar-refractivity contribution in [3.8, 4) is 0 Å². The summed E-state index contributed by atoms with van der Waals surface area (Å²) in [5.74, 6) is -0.552. The zero-order valence-electron chi connectivity index (χ0n) is 27.1. The summed E-state index contributed by atoms with van der Waals surface area (Å²) in [6, 6.07) is 0. The summed E-state index contributed by atoms with van der Waals surface area (Å²) in [4.78, 5) is 44.7. The molecule has 246 valence electrons. The lowest BCUT2D eigenvalue weighted by atomic mass is 10.1. The fraction of sp³-hybridized carbons (Fsp3) is 0.824. The molecule has 0 fully saturated rings. The Morgan fingerprint density at radius 3 is 1.26 bits per heavy atom. The fourth-order valence-electron chi connectivity index (χ4n) is 4.90. The molecule has 0 aliphatic carbocycles. The smallest absolute Gasteiger partial charge is 0.303 e. The molecule has 8 heteroatoms. The molecule has 2 N–H and O–H groups in total. The van der Waals surface area contributed by atoms with E-state index < -0.39 is 7.82 Å². The number of allylic oxidation sites excluding steroid dienone is 4. The Hall–Kier alpha value is -1.27. The van der Waals surface area contributed by atoms with Gasteiger partial charge in [-0.1, -0.05) is 115 Å². The second-order valence-electron chi connectivity index (χ2n) is 11.5. The third-order valence-electron chi connectivity index (χ3n) is 7.48. The van der Waals surface area contributed by atoms with Crippen LogP contribution in [0.3, 0.4) is 0 Å². The predicted octanol–water partition coefficient (Wildman–Crippen LogP) is 9.97. The lowest BCUT2D eigenvalue weighted by molar-refractivity contribution is -0.145. The van der Waals surface area contributed by atoms with Crippen LogP contribution in [0.5, 0.6) is 0 Å². The van der Waals surface area contributed by atoms with E-state index in [9.17, 15) is 14.2 Å². The van der Waals surface area contributed by atoms with Gasteiger partial charge < -0.3 is 9.79 Å². The van der Waals surface area contributed by atoms with Crippen LogP contribution in [0, 0.1) is 0 Å². The van der Waals surface area contributed by atoms with E-state index in [1.165, 1.54) is 64.2 Å². The summed E-state index contributed by atoms with van der Waals surface area (Å²) >= 11 is 0. The molecule has 0 aromatic rings. The van der Waals surface area contributed by atoms with E-state index in [1.807, 2.05) is 0 Å². The molecule has 0 spiro atoms. The first kappa shape index (κ1) is 40.7. The first-order chi connectivity index (χ1) is 20.3. The standard InChI is InChI=1S/C34H64NO6P/c1-3-5-7-9-11-13-15-17-19-21-23-25-27-29-33(36)35(31-32-41-42(38,39)40)34(37)30-28-26-24-22-20-18-16-14-12-10-8-6-4-2/h13-16H,3-12,17-32H2,1-2H3,(H2,38,39,40)/b15-13-,16-14-. The normalized spacial score (nSPS) is 12.1. The lowest BCUT2D eigenvalue weighted by Gasteiger charge is -2.21. The van der Waals surface area contributed by atoms with Crippen LogP contribution in [0.2, 0.25) is 0 Å². The molecule has 0 rings (SSSR count). The zero-order valence-corrected chi connectivity index (χ0v) is 28.0. The first-order valence-corrected chi connectivity index (χ1v) is 18.7. The van der Waals surface area contributed by atoms with Gasteiger partial charge in [-0.3, -0.25) is 19.0 Å². The van der Waals surface area contributed by atoms with Crippen molar-refractivity contribution in [2.75, 3.05) is 13.2 Å². The largest absolute Gasteiger partial charge is 0.469 e. The van der Waals surface area contributed by atoms with Gasteiger partial charge in [-0.05, 0) is 64.2 Å². The topological polar surface area (TPSA) is 104 Å². The number of hydrogen-bond donors (Lipinski definition) is 2. The van der Waals surface area contributed by atoms with Crippen molar-refractivity contribution in [1.29, 1.82) is 0 Å². The molecule has 0 bridgehead atoms. The maximum atomic E-state index is 12.8. The number of unbranched alkanes of at least 4 members (excludes halogenated alkanes) is 18. The Balaban J connectivity index is 4.17. The molecular weight excluding hydrogens is 549 g/mol. The molecule has 0 aromatic carbocycles. The maximum absolute atomic E-state index is 12.8. The molecule has 0 radical (unpaired) electrons. The molecule has 0 aliphatic heterocycles. The first-order valence-electron chi connectivity index (χ1n) is 17.1. The quantitative estimate of drug-likeness (QED) is 0.0475. The second-order valence-corrected chi connectivity index (χ2v) is 12.8. The molecule has 2 amide bonds. The number of nitrogens with zero attached hydrogens (tertiary/aromatic N) is 1. The van der Waals surface area contributed by atoms with Crippen molar-refractivity contribution in [1.82, 2.24) is 4.90 Å². The molecule has 0 unspecified atom stereocenters. The number of hydrogen-bond acceptors (Lipinski definition) is 4. The third-order valence-corrected chi connectivity index (χ3v) is 8.00. The minimum absolute atomic E-state index is 0.127. The minimum atomic E-state index is -4.64. The molecular formula is C34H64NO6P. The van der Waals surface area contributed by atoms with Crippen LogP contribution in [0.4, 0.5) is 0 Å². The van der Waals surface area contributed by atoms with E-state index in [0.717, 1.165) is 69.1 Å². The van der Waals surface area contributed by atoms with E-state index >= 15 is 0 Å². The third kappa shape index (κ3) is 28.8. The highest BCUT2D eigenvalue weighted by molar-refractivity contribution is 7.46. The summed E-state index contributed by atoms with van der Waals surface area (Å²) in [6.45, 7) is 3.97. The molecule has 0 saturated carbocycles. The number of carbonyl (C=O) groups excluding carboxylic acids is 2. The zero-order chi connectivity index (χ0) is 31.2. The molecule has 42 heavy (non-hydrogen) atoms. The molecule has 0 saturated heterocycles. The Bertz CT molecular complexity index is 700. The maximum Gasteiger partial charge on any atom is 0.469 e. The SMILES string of the molecule is CCCCCC/C=C\CCCCCCCC(=O)N(CCOP(=O)(O)O)C(=O)CCCCCCC/C=C\CCCCCC. The van der Waals surface area contributed by atoms with Gasteiger partial charge in [0.05, 0.1) is 13.2 Å². The number of imide groups is 1. The number of carbonyl (C=O) groups is 2. The van der Waals surface area contributed by atoms with E-state index in [4.69, 9.17) is 9.79 Å². The Kier molecular flexibility index (Phi) is 28.9. The van der Waals surface area contributed by atoms with Crippen LogP contribution in [-0.2, 0) is 18.7 Å². The Labute approximate surface area is 258 Å². The van der Waals surface area contributed by atoms with Gasteiger partial charge in [0.15, 0.2) is 0 Å².